The minimum atomic E-state index is -0.858. The zero-order chi connectivity index (χ0) is 18.2. The lowest BCUT2D eigenvalue weighted by atomic mass is 9.45. The summed E-state index contributed by atoms with van der Waals surface area (Å²) >= 11 is 0. The molecule has 0 amide bonds. The molecule has 0 bridgehead atoms. The number of rotatable bonds is 1. The summed E-state index contributed by atoms with van der Waals surface area (Å²) in [6.07, 6.45) is 7.34. The van der Waals surface area contributed by atoms with Crippen molar-refractivity contribution in [1.82, 2.24) is 0 Å². The molecule has 7 atom stereocenters. The Balaban J connectivity index is 1.75. The minimum absolute atomic E-state index is 0.0541. The van der Waals surface area contributed by atoms with Crippen molar-refractivity contribution in [1.29, 1.82) is 0 Å². The molecule has 0 aromatic heterocycles. The highest BCUT2D eigenvalue weighted by atomic mass is 16.3. The van der Waals surface area contributed by atoms with Gasteiger partial charge in [0.2, 0.25) is 0 Å². The van der Waals surface area contributed by atoms with Gasteiger partial charge in [-0.15, -0.1) is 0 Å². The Bertz CT molecular complexity index is 664. The maximum Gasteiger partial charge on any atom is 0.155 e. The van der Waals surface area contributed by atoms with Gasteiger partial charge in [0.05, 0.1) is 11.7 Å². The molecule has 4 aliphatic rings. The van der Waals surface area contributed by atoms with Crippen LogP contribution in [0.15, 0.2) is 23.8 Å². The molecule has 0 unspecified atom stereocenters. The zero-order valence-electron chi connectivity index (χ0n) is 15.8. The van der Waals surface area contributed by atoms with E-state index >= 15 is 0 Å². The lowest BCUT2D eigenvalue weighted by molar-refractivity contribution is -0.160. The zero-order valence-corrected chi connectivity index (χ0v) is 15.8. The van der Waals surface area contributed by atoms with Crippen molar-refractivity contribution in [2.24, 2.45) is 28.6 Å². The minimum Gasteiger partial charge on any atom is -0.393 e. The maximum atomic E-state index is 11.9. The molecular weight excluding hydrogens is 312 g/mol. The molecule has 3 nitrogen and oxygen atoms in total. The number of hydrogen-bond acceptors (Lipinski definition) is 3. The second-order valence-electron chi connectivity index (χ2n) is 9.76. The third kappa shape index (κ3) is 2.09. The van der Waals surface area contributed by atoms with Crippen molar-refractivity contribution in [3.05, 3.63) is 23.8 Å². The molecule has 0 spiro atoms. The molecule has 0 heterocycles. The highest BCUT2D eigenvalue weighted by Gasteiger charge is 2.66. The van der Waals surface area contributed by atoms with E-state index in [2.05, 4.69) is 20.4 Å². The molecule has 0 aromatic rings. The average molecular weight is 344 g/mol. The van der Waals surface area contributed by atoms with Gasteiger partial charge in [-0.1, -0.05) is 26.0 Å². The van der Waals surface area contributed by atoms with Crippen LogP contribution in [0.1, 0.15) is 65.7 Å². The molecule has 25 heavy (non-hydrogen) atoms. The predicted octanol–water partition coefficient (Wildman–Crippen LogP) is 3.80. The van der Waals surface area contributed by atoms with Crippen LogP contribution >= 0.6 is 0 Å². The summed E-state index contributed by atoms with van der Waals surface area (Å²) in [7, 11) is 0. The van der Waals surface area contributed by atoms with Gasteiger partial charge in [0.1, 0.15) is 0 Å². The van der Waals surface area contributed by atoms with Crippen LogP contribution < -0.4 is 0 Å². The van der Waals surface area contributed by atoms with E-state index in [1.54, 1.807) is 0 Å². The van der Waals surface area contributed by atoms with Crippen LogP contribution in [0.25, 0.3) is 0 Å². The Morgan fingerprint density at radius 3 is 2.64 bits per heavy atom. The van der Waals surface area contributed by atoms with Crippen LogP contribution in [0.4, 0.5) is 0 Å². The average Bonchev–Trinajstić information content (AvgIpc) is 2.80. The van der Waals surface area contributed by atoms with Gasteiger partial charge in [0, 0.05) is 11.8 Å². The number of carbonyl (C=O) groups is 1. The van der Waals surface area contributed by atoms with Crippen LogP contribution in [0.5, 0.6) is 0 Å². The van der Waals surface area contributed by atoms with Gasteiger partial charge in [0.25, 0.3) is 0 Å². The third-order valence-electron chi connectivity index (χ3n) is 8.75. The van der Waals surface area contributed by atoms with Crippen molar-refractivity contribution in [3.8, 4) is 0 Å². The maximum absolute atomic E-state index is 11.9. The second-order valence-corrected chi connectivity index (χ2v) is 9.76. The number of carbonyl (C=O) groups excluding carboxylic acids is 1. The van der Waals surface area contributed by atoms with Crippen molar-refractivity contribution >= 4 is 5.78 Å². The van der Waals surface area contributed by atoms with E-state index in [9.17, 15) is 15.0 Å². The van der Waals surface area contributed by atoms with Crippen molar-refractivity contribution in [3.63, 3.8) is 0 Å². The Morgan fingerprint density at radius 2 is 1.96 bits per heavy atom. The molecule has 4 rings (SSSR count). The van der Waals surface area contributed by atoms with E-state index in [1.807, 2.05) is 13.0 Å². The summed E-state index contributed by atoms with van der Waals surface area (Å²) in [6.45, 7) is 10.5. The summed E-state index contributed by atoms with van der Waals surface area (Å²) in [5.74, 6) is 1.32. The van der Waals surface area contributed by atoms with Crippen molar-refractivity contribution in [2.45, 2.75) is 77.4 Å². The summed E-state index contributed by atoms with van der Waals surface area (Å²) in [5.41, 5.74) is 0.904. The monoisotopic (exact) mass is 344 g/mol. The summed E-state index contributed by atoms with van der Waals surface area (Å²) in [5, 5.41) is 22.6. The topological polar surface area (TPSA) is 57.5 Å². The van der Waals surface area contributed by atoms with Crippen molar-refractivity contribution < 1.29 is 15.0 Å². The first-order valence-electron chi connectivity index (χ1n) is 9.94. The van der Waals surface area contributed by atoms with Gasteiger partial charge >= 0.3 is 0 Å². The van der Waals surface area contributed by atoms with Gasteiger partial charge in [0.15, 0.2) is 5.78 Å². The fourth-order valence-corrected chi connectivity index (χ4v) is 7.39. The van der Waals surface area contributed by atoms with E-state index in [1.165, 1.54) is 5.57 Å². The first-order valence-corrected chi connectivity index (χ1v) is 9.94. The van der Waals surface area contributed by atoms with Gasteiger partial charge < -0.3 is 10.2 Å². The largest absolute Gasteiger partial charge is 0.393 e. The molecule has 2 N–H and O–H groups in total. The number of aliphatic hydroxyl groups is 2. The molecule has 138 valence electrons. The molecule has 3 fully saturated rings. The number of ketones is 1. The molecule has 0 radical (unpaired) electrons. The van der Waals surface area contributed by atoms with E-state index in [0.29, 0.717) is 24.7 Å². The predicted molar refractivity (Wildman–Crippen MR) is 97.9 cm³/mol. The van der Waals surface area contributed by atoms with Gasteiger partial charge in [-0.05, 0) is 80.3 Å². The van der Waals surface area contributed by atoms with Gasteiger partial charge in [-0.25, -0.2) is 0 Å². The fourth-order valence-electron chi connectivity index (χ4n) is 7.39. The Morgan fingerprint density at radius 1 is 1.24 bits per heavy atom. The molecule has 0 saturated heterocycles. The lowest BCUT2D eigenvalue weighted by Crippen LogP contribution is -2.60. The van der Waals surface area contributed by atoms with E-state index in [0.717, 1.165) is 37.7 Å². The molecule has 3 heteroatoms. The SMILES string of the molecule is C=C(C)[C@@]1(O)CC[C@H]2[C@@H]3CCC4=CC(=O)CC[C@]4(C)[C@H]3[C@@H](O)C[C@@]21C. The number of aliphatic hydroxyl groups excluding tert-OH is 1. The van der Waals surface area contributed by atoms with Crippen LogP contribution in [-0.4, -0.2) is 27.7 Å². The summed E-state index contributed by atoms with van der Waals surface area (Å²) in [4.78, 5) is 11.9. The highest BCUT2D eigenvalue weighted by molar-refractivity contribution is 5.91. The first-order chi connectivity index (χ1) is 11.6. The summed E-state index contributed by atoms with van der Waals surface area (Å²) < 4.78 is 0. The number of hydrogen-bond donors (Lipinski definition) is 2. The third-order valence-corrected chi connectivity index (χ3v) is 8.75. The van der Waals surface area contributed by atoms with E-state index < -0.39 is 11.7 Å². The first kappa shape index (κ1) is 17.5. The van der Waals surface area contributed by atoms with Crippen LogP contribution in [0.2, 0.25) is 0 Å². The second kappa shape index (κ2) is 5.29. The Kier molecular flexibility index (Phi) is 3.70. The smallest absolute Gasteiger partial charge is 0.155 e. The number of fused-ring (bicyclic) bond motifs is 5. The van der Waals surface area contributed by atoms with Crippen LogP contribution in [-0.2, 0) is 4.79 Å². The van der Waals surface area contributed by atoms with Crippen LogP contribution in [0.3, 0.4) is 0 Å². The molecular formula is C22H32O3. The standard InChI is InChI=1S/C22H32O3/c1-13(2)22(25)10-8-17-16-6-5-14-11-15(23)7-9-20(14,3)19(16)18(24)12-21(17,22)4/h11,16-19,24-25H,1,5-10,12H2,2-4H3/t16-,17-,18-,19+,20-,21-,22-/m0/s1. The number of allylic oxidation sites excluding steroid dienone is 1. The highest BCUT2D eigenvalue weighted by Crippen LogP contribution is 2.68. The Hall–Kier alpha value is -0.930. The van der Waals surface area contributed by atoms with Crippen LogP contribution in [0, 0.1) is 28.6 Å². The molecule has 0 aliphatic heterocycles. The van der Waals surface area contributed by atoms with Gasteiger partial charge in [-0.2, -0.15) is 0 Å². The quantitative estimate of drug-likeness (QED) is 0.712. The van der Waals surface area contributed by atoms with E-state index in [4.69, 9.17) is 0 Å². The van der Waals surface area contributed by atoms with E-state index in [-0.39, 0.29) is 22.5 Å². The lowest BCUT2D eigenvalue weighted by Gasteiger charge is -2.60. The molecule has 4 aliphatic carbocycles. The normalized spacial score (nSPS) is 52.0. The van der Waals surface area contributed by atoms with Crippen molar-refractivity contribution in [2.75, 3.05) is 0 Å². The Labute approximate surface area is 151 Å². The molecule has 0 aromatic carbocycles. The summed E-state index contributed by atoms with van der Waals surface area (Å²) in [6, 6.07) is 0. The van der Waals surface area contributed by atoms with Gasteiger partial charge in [-0.3, -0.25) is 4.79 Å². The molecule has 3 saturated carbocycles. The fraction of sp³-hybridized carbons (Fsp3) is 0.773.